The van der Waals surface area contributed by atoms with Crippen molar-refractivity contribution in [3.05, 3.63) is 30.5 Å². The van der Waals surface area contributed by atoms with Crippen LogP contribution in [-0.4, -0.2) is 35.9 Å². The minimum Gasteiger partial charge on any atom is -0.369 e. The van der Waals surface area contributed by atoms with Gasteiger partial charge in [-0.1, -0.05) is 25.1 Å². The van der Waals surface area contributed by atoms with E-state index in [1.807, 2.05) is 18.3 Å². The van der Waals surface area contributed by atoms with E-state index in [0.717, 1.165) is 25.2 Å². The zero-order valence-corrected chi connectivity index (χ0v) is 12.9. The summed E-state index contributed by atoms with van der Waals surface area (Å²) in [6.45, 7) is 7.74. The van der Waals surface area contributed by atoms with E-state index in [4.69, 9.17) is 0 Å². The monoisotopic (exact) mass is 284 g/mol. The summed E-state index contributed by atoms with van der Waals surface area (Å²) in [4.78, 5) is 2.49. The van der Waals surface area contributed by atoms with Crippen LogP contribution in [0.25, 0.3) is 10.9 Å². The van der Waals surface area contributed by atoms with Crippen molar-refractivity contribution in [2.75, 3.05) is 24.5 Å². The average Bonchev–Trinajstić information content (AvgIpc) is 2.55. The van der Waals surface area contributed by atoms with E-state index in [-0.39, 0.29) is 0 Å². The number of nitrogens with one attached hydrogen (secondary N) is 1. The van der Waals surface area contributed by atoms with Crippen LogP contribution >= 0.6 is 0 Å². The van der Waals surface area contributed by atoms with E-state index in [2.05, 4.69) is 46.4 Å². The van der Waals surface area contributed by atoms with Crippen molar-refractivity contribution in [2.45, 2.75) is 32.7 Å². The molecular formula is C17H24N4. The molecule has 1 N–H and O–H groups in total. The molecule has 112 valence electrons. The van der Waals surface area contributed by atoms with Gasteiger partial charge in [0.25, 0.3) is 0 Å². The van der Waals surface area contributed by atoms with Crippen molar-refractivity contribution in [3.63, 3.8) is 0 Å². The molecule has 2 atom stereocenters. The van der Waals surface area contributed by atoms with Gasteiger partial charge < -0.3 is 10.2 Å². The zero-order valence-electron chi connectivity index (χ0n) is 12.9. The fourth-order valence-electron chi connectivity index (χ4n) is 3.37. The number of hydrogen-bond donors (Lipinski definition) is 1. The maximum atomic E-state index is 4.23. The van der Waals surface area contributed by atoms with Gasteiger partial charge in [0.05, 0.1) is 17.4 Å². The highest BCUT2D eigenvalue weighted by Gasteiger charge is 2.25. The van der Waals surface area contributed by atoms with Gasteiger partial charge in [-0.15, -0.1) is 0 Å². The van der Waals surface area contributed by atoms with Crippen LogP contribution in [0.4, 0.5) is 5.69 Å². The molecule has 2 aromatic rings. The van der Waals surface area contributed by atoms with Crippen LogP contribution in [0.2, 0.25) is 0 Å². The first-order chi connectivity index (χ1) is 10.3. The molecule has 0 radical (unpaired) electrons. The lowest BCUT2D eigenvalue weighted by Crippen LogP contribution is -2.44. The van der Waals surface area contributed by atoms with Crippen LogP contribution in [0, 0.1) is 5.92 Å². The number of hydrogen-bond acceptors (Lipinski definition) is 4. The number of rotatable bonds is 4. The highest BCUT2D eigenvalue weighted by molar-refractivity contribution is 5.90. The third-order valence-corrected chi connectivity index (χ3v) is 4.56. The lowest BCUT2D eigenvalue weighted by Gasteiger charge is -2.37. The Labute approximate surface area is 126 Å². The number of nitrogens with zero attached hydrogens (tertiary/aromatic N) is 3. The Morgan fingerprint density at radius 1 is 1.38 bits per heavy atom. The summed E-state index contributed by atoms with van der Waals surface area (Å²) in [6.07, 6.45) is 4.47. The van der Waals surface area contributed by atoms with Gasteiger partial charge in [0, 0.05) is 24.5 Å². The maximum Gasteiger partial charge on any atom is 0.0950 e. The minimum atomic E-state index is 0.568. The summed E-state index contributed by atoms with van der Waals surface area (Å²) in [5, 5.41) is 13.2. The van der Waals surface area contributed by atoms with Crippen molar-refractivity contribution < 1.29 is 0 Å². The molecule has 2 heterocycles. The molecule has 0 aliphatic carbocycles. The number of benzene rings is 1. The first kappa shape index (κ1) is 14.3. The average molecular weight is 284 g/mol. The summed E-state index contributed by atoms with van der Waals surface area (Å²) in [5.74, 6) is 0.700. The standard InChI is InChI=1S/C17H24N4/c1-3-18-13(2)14-7-6-10-21(12-14)17-11-19-20-16-9-5-4-8-15(16)17/h4-5,8-9,11,13-14,18H,3,6-7,10,12H2,1-2H3. The van der Waals surface area contributed by atoms with Crippen LogP contribution in [0.3, 0.4) is 0 Å². The van der Waals surface area contributed by atoms with E-state index >= 15 is 0 Å². The van der Waals surface area contributed by atoms with Crippen molar-refractivity contribution in [1.82, 2.24) is 15.5 Å². The Morgan fingerprint density at radius 2 is 2.24 bits per heavy atom. The van der Waals surface area contributed by atoms with E-state index in [9.17, 15) is 0 Å². The molecule has 2 unspecified atom stereocenters. The second-order valence-corrected chi connectivity index (χ2v) is 5.94. The summed E-state index contributed by atoms with van der Waals surface area (Å²) in [6, 6.07) is 8.85. The Bertz CT molecular complexity index is 593. The highest BCUT2D eigenvalue weighted by Crippen LogP contribution is 2.29. The summed E-state index contributed by atoms with van der Waals surface area (Å²) in [7, 11) is 0. The van der Waals surface area contributed by atoms with Crippen molar-refractivity contribution in [2.24, 2.45) is 5.92 Å². The van der Waals surface area contributed by atoms with Crippen LogP contribution in [-0.2, 0) is 0 Å². The van der Waals surface area contributed by atoms with Gasteiger partial charge in [-0.05, 0) is 38.3 Å². The zero-order chi connectivity index (χ0) is 14.7. The summed E-state index contributed by atoms with van der Waals surface area (Å²) in [5.41, 5.74) is 2.21. The van der Waals surface area contributed by atoms with E-state index in [1.165, 1.54) is 23.9 Å². The lowest BCUT2D eigenvalue weighted by molar-refractivity contribution is 0.324. The van der Waals surface area contributed by atoms with Gasteiger partial charge in [0.1, 0.15) is 0 Å². The van der Waals surface area contributed by atoms with E-state index in [0.29, 0.717) is 12.0 Å². The van der Waals surface area contributed by atoms with Gasteiger partial charge >= 0.3 is 0 Å². The maximum absolute atomic E-state index is 4.23. The Morgan fingerprint density at radius 3 is 3.10 bits per heavy atom. The molecule has 0 saturated carbocycles. The van der Waals surface area contributed by atoms with E-state index < -0.39 is 0 Å². The molecule has 0 bridgehead atoms. The molecule has 1 saturated heterocycles. The Kier molecular flexibility index (Phi) is 4.34. The molecule has 1 aliphatic heterocycles. The number of anilines is 1. The summed E-state index contributed by atoms with van der Waals surface area (Å²) >= 11 is 0. The fraction of sp³-hybridized carbons (Fsp3) is 0.529. The molecule has 1 aromatic carbocycles. The molecule has 1 aliphatic rings. The SMILES string of the molecule is CCNC(C)C1CCCN(c2cnnc3ccccc23)C1. The topological polar surface area (TPSA) is 41.0 Å². The predicted molar refractivity (Wildman–Crippen MR) is 87.6 cm³/mol. The van der Waals surface area contributed by atoms with E-state index in [1.54, 1.807) is 0 Å². The Balaban J connectivity index is 1.85. The molecular weight excluding hydrogens is 260 g/mol. The van der Waals surface area contributed by atoms with Gasteiger partial charge in [0.2, 0.25) is 0 Å². The lowest BCUT2D eigenvalue weighted by atomic mass is 9.91. The third-order valence-electron chi connectivity index (χ3n) is 4.56. The van der Waals surface area contributed by atoms with Crippen molar-refractivity contribution in [3.8, 4) is 0 Å². The second-order valence-electron chi connectivity index (χ2n) is 5.94. The predicted octanol–water partition coefficient (Wildman–Crippen LogP) is 2.84. The first-order valence-corrected chi connectivity index (χ1v) is 7.98. The van der Waals surface area contributed by atoms with Crippen LogP contribution in [0.1, 0.15) is 26.7 Å². The smallest absolute Gasteiger partial charge is 0.0950 e. The molecule has 1 aromatic heterocycles. The fourth-order valence-corrected chi connectivity index (χ4v) is 3.37. The van der Waals surface area contributed by atoms with Crippen molar-refractivity contribution >= 4 is 16.6 Å². The van der Waals surface area contributed by atoms with Gasteiger partial charge in [0.15, 0.2) is 0 Å². The number of piperidine rings is 1. The molecule has 21 heavy (non-hydrogen) atoms. The summed E-state index contributed by atoms with van der Waals surface area (Å²) < 4.78 is 0. The first-order valence-electron chi connectivity index (χ1n) is 7.98. The molecule has 4 nitrogen and oxygen atoms in total. The van der Waals surface area contributed by atoms with Gasteiger partial charge in [-0.3, -0.25) is 0 Å². The van der Waals surface area contributed by atoms with Crippen LogP contribution in [0.5, 0.6) is 0 Å². The molecule has 0 spiro atoms. The van der Waals surface area contributed by atoms with Crippen molar-refractivity contribution in [1.29, 1.82) is 0 Å². The minimum absolute atomic E-state index is 0.568. The second kappa shape index (κ2) is 6.39. The normalized spacial score (nSPS) is 20.7. The number of fused-ring (bicyclic) bond motifs is 1. The third kappa shape index (κ3) is 3.00. The van der Waals surface area contributed by atoms with Crippen LogP contribution < -0.4 is 10.2 Å². The molecule has 0 amide bonds. The molecule has 4 heteroatoms. The van der Waals surface area contributed by atoms with Gasteiger partial charge in [-0.25, -0.2) is 0 Å². The Hall–Kier alpha value is -1.68. The quantitative estimate of drug-likeness (QED) is 0.937. The largest absolute Gasteiger partial charge is 0.369 e. The molecule has 1 fully saturated rings. The molecule has 3 rings (SSSR count). The van der Waals surface area contributed by atoms with Gasteiger partial charge in [-0.2, -0.15) is 10.2 Å². The highest BCUT2D eigenvalue weighted by atomic mass is 15.2. The van der Waals surface area contributed by atoms with Crippen LogP contribution in [0.15, 0.2) is 30.5 Å². The number of aromatic nitrogens is 2.